The van der Waals surface area contributed by atoms with Crippen LogP contribution in [0.15, 0.2) is 65.0 Å². The van der Waals surface area contributed by atoms with Gasteiger partial charge in [0.15, 0.2) is 5.78 Å². The number of allylic oxidation sites excluding steroid dienone is 1. The van der Waals surface area contributed by atoms with E-state index in [-0.39, 0.29) is 11.3 Å². The number of rotatable bonds is 0. The number of Topliss-reactive ketones (excluding diaryl/α,β-unsaturated/α-hetero) is 1. The van der Waals surface area contributed by atoms with E-state index in [9.17, 15) is 9.59 Å². The van der Waals surface area contributed by atoms with Crippen LogP contribution in [0.25, 0.3) is 17.0 Å². The molecule has 0 saturated carbocycles. The van der Waals surface area contributed by atoms with E-state index in [1.165, 1.54) is 5.56 Å². The van der Waals surface area contributed by atoms with Crippen LogP contribution >= 0.6 is 0 Å². The number of hydrogen-bond acceptors (Lipinski definition) is 2. The molecule has 3 aromatic rings. The summed E-state index contributed by atoms with van der Waals surface area (Å²) in [7, 11) is 0. The predicted octanol–water partition coefficient (Wildman–Crippen LogP) is 4.05. The fourth-order valence-corrected chi connectivity index (χ4v) is 2.72. The first kappa shape index (κ1) is 15.9. The Kier molecular flexibility index (Phi) is 4.43. The minimum Gasteiger partial charge on any atom is -0.322 e. The number of hydrogen-bond donors (Lipinski definition) is 1. The van der Waals surface area contributed by atoms with Crippen molar-refractivity contribution in [1.29, 1.82) is 0 Å². The minimum atomic E-state index is -0.00583. The van der Waals surface area contributed by atoms with Gasteiger partial charge in [0.1, 0.15) is 0 Å². The van der Waals surface area contributed by atoms with Crippen LogP contribution in [0.3, 0.4) is 0 Å². The first-order chi connectivity index (χ1) is 11.5. The molecule has 120 valence electrons. The summed E-state index contributed by atoms with van der Waals surface area (Å²) in [5.74, 6) is 0.244. The van der Waals surface area contributed by atoms with Crippen LogP contribution in [0.1, 0.15) is 23.6 Å². The first-order valence-electron chi connectivity index (χ1n) is 7.92. The molecule has 0 aliphatic heterocycles. The van der Waals surface area contributed by atoms with Gasteiger partial charge in [-0.15, -0.1) is 0 Å². The third kappa shape index (κ3) is 3.35. The summed E-state index contributed by atoms with van der Waals surface area (Å²) in [5, 5.41) is 1.08. The molecule has 1 aromatic heterocycles. The third-order valence-electron chi connectivity index (χ3n) is 4.16. The van der Waals surface area contributed by atoms with Crippen molar-refractivity contribution < 1.29 is 4.79 Å². The highest BCUT2D eigenvalue weighted by molar-refractivity contribution is 6.03. The molecule has 0 bridgehead atoms. The highest BCUT2D eigenvalue weighted by Gasteiger charge is 2.13. The highest BCUT2D eigenvalue weighted by Crippen LogP contribution is 2.20. The number of H-pyrrole nitrogens is 1. The summed E-state index contributed by atoms with van der Waals surface area (Å²) in [4.78, 5) is 25.3. The third-order valence-corrected chi connectivity index (χ3v) is 4.16. The van der Waals surface area contributed by atoms with Crippen LogP contribution in [0, 0.1) is 6.92 Å². The Balaban J connectivity index is 0.000000141. The number of para-hydroxylation sites is 1. The van der Waals surface area contributed by atoms with Crippen molar-refractivity contribution in [1.82, 2.24) is 4.98 Å². The molecule has 3 nitrogen and oxygen atoms in total. The van der Waals surface area contributed by atoms with Crippen molar-refractivity contribution in [3.63, 3.8) is 0 Å². The van der Waals surface area contributed by atoms with Crippen molar-refractivity contribution in [3.05, 3.63) is 87.2 Å². The lowest BCUT2D eigenvalue weighted by Crippen LogP contribution is -2.09. The van der Waals surface area contributed by atoms with Crippen molar-refractivity contribution in [3.8, 4) is 0 Å². The molecule has 1 N–H and O–H groups in total. The van der Waals surface area contributed by atoms with Gasteiger partial charge < -0.3 is 4.98 Å². The molecule has 0 saturated heterocycles. The fraction of sp³-hybridized carbons (Fsp3) is 0.143. The molecule has 0 amide bonds. The van der Waals surface area contributed by atoms with Crippen molar-refractivity contribution in [2.75, 3.05) is 0 Å². The molecule has 3 heteroatoms. The van der Waals surface area contributed by atoms with E-state index in [4.69, 9.17) is 0 Å². The van der Waals surface area contributed by atoms with Crippen LogP contribution in [0.5, 0.6) is 0 Å². The Morgan fingerprint density at radius 3 is 2.46 bits per heavy atom. The molecule has 0 unspecified atom stereocenters. The van der Waals surface area contributed by atoms with Gasteiger partial charge in [-0.3, -0.25) is 9.59 Å². The number of nitrogens with one attached hydrogen (secondary N) is 1. The molecule has 1 aliphatic rings. The Labute approximate surface area is 140 Å². The predicted molar refractivity (Wildman–Crippen MR) is 98.1 cm³/mol. The van der Waals surface area contributed by atoms with Crippen molar-refractivity contribution >= 4 is 22.8 Å². The molecule has 0 radical (unpaired) electrons. The molecule has 1 aliphatic carbocycles. The Bertz CT molecular complexity index is 996. The monoisotopic (exact) mass is 317 g/mol. The van der Waals surface area contributed by atoms with Crippen LogP contribution < -0.4 is 5.56 Å². The van der Waals surface area contributed by atoms with E-state index in [0.717, 1.165) is 27.6 Å². The molecule has 0 atom stereocenters. The smallest absolute Gasteiger partial charge is 0.251 e. The standard InChI is InChI=1S/C11H10O.C10H9NO/c1-8-6-9-4-2-3-5-10(9)7-11(8)12;1-7-6-8-4-2-3-5-9(8)11-10(7)12/h2-6H,7H2,1H3;2-6H,1H3,(H,11,12). The number of carbonyl (C=O) groups excluding carboxylic acids is 1. The number of aromatic nitrogens is 1. The molecular weight excluding hydrogens is 298 g/mol. The quantitative estimate of drug-likeness (QED) is 0.680. The average Bonchev–Trinajstić information content (AvgIpc) is 2.57. The maximum absolute atomic E-state index is 11.3. The van der Waals surface area contributed by atoms with Crippen LogP contribution in [0.4, 0.5) is 0 Å². The summed E-state index contributed by atoms with van der Waals surface area (Å²) in [6, 6.07) is 17.7. The van der Waals surface area contributed by atoms with Gasteiger partial charge >= 0.3 is 0 Å². The van der Waals surface area contributed by atoms with Gasteiger partial charge in [-0.1, -0.05) is 42.5 Å². The lowest BCUT2D eigenvalue weighted by molar-refractivity contribution is -0.114. The molecule has 24 heavy (non-hydrogen) atoms. The van der Waals surface area contributed by atoms with E-state index in [0.29, 0.717) is 6.42 Å². The van der Waals surface area contributed by atoms with Crippen LogP contribution in [-0.2, 0) is 11.2 Å². The highest BCUT2D eigenvalue weighted by atomic mass is 16.1. The van der Waals surface area contributed by atoms with Crippen molar-refractivity contribution in [2.24, 2.45) is 0 Å². The molecule has 2 aromatic carbocycles. The molecule has 0 fully saturated rings. The summed E-state index contributed by atoms with van der Waals surface area (Å²) < 4.78 is 0. The Hall–Kier alpha value is -2.94. The Morgan fingerprint density at radius 1 is 0.917 bits per heavy atom. The maximum Gasteiger partial charge on any atom is 0.251 e. The lowest BCUT2D eigenvalue weighted by Gasteiger charge is -2.11. The Morgan fingerprint density at radius 2 is 1.62 bits per heavy atom. The summed E-state index contributed by atoms with van der Waals surface area (Å²) >= 11 is 0. The normalized spacial score (nSPS) is 12.9. The molecular formula is C21H19NO2. The topological polar surface area (TPSA) is 49.9 Å². The first-order valence-corrected chi connectivity index (χ1v) is 7.92. The SMILES string of the molecule is CC1=Cc2ccccc2CC1=O.Cc1cc2ccccc2[nH]c1=O. The van der Waals surface area contributed by atoms with Gasteiger partial charge in [0.2, 0.25) is 0 Å². The van der Waals surface area contributed by atoms with Gasteiger partial charge in [0.25, 0.3) is 5.56 Å². The minimum absolute atomic E-state index is 0.00583. The van der Waals surface area contributed by atoms with Crippen LogP contribution in [0.2, 0.25) is 0 Å². The number of ketones is 1. The second-order valence-electron chi connectivity index (χ2n) is 5.99. The summed E-state index contributed by atoms with van der Waals surface area (Å²) in [5.41, 5.74) is 4.85. The van der Waals surface area contributed by atoms with Gasteiger partial charge in [-0.05, 0) is 54.1 Å². The maximum atomic E-state index is 11.3. The van der Waals surface area contributed by atoms with Gasteiger partial charge in [-0.25, -0.2) is 0 Å². The number of carbonyl (C=O) groups is 1. The van der Waals surface area contributed by atoms with Crippen molar-refractivity contribution in [2.45, 2.75) is 20.3 Å². The second-order valence-corrected chi connectivity index (χ2v) is 5.99. The average molecular weight is 317 g/mol. The van der Waals surface area contributed by atoms with Gasteiger partial charge in [0, 0.05) is 17.5 Å². The number of aromatic amines is 1. The molecule has 0 spiro atoms. The molecule has 1 heterocycles. The zero-order valence-corrected chi connectivity index (χ0v) is 13.8. The second kappa shape index (κ2) is 6.67. The number of pyridine rings is 1. The van der Waals surface area contributed by atoms with Crippen LogP contribution in [-0.4, -0.2) is 10.8 Å². The lowest BCUT2D eigenvalue weighted by atomic mass is 9.92. The van der Waals surface area contributed by atoms with Gasteiger partial charge in [-0.2, -0.15) is 0 Å². The number of benzene rings is 2. The summed E-state index contributed by atoms with van der Waals surface area (Å²) in [6.45, 7) is 3.68. The zero-order chi connectivity index (χ0) is 17.1. The number of fused-ring (bicyclic) bond motifs is 2. The van der Waals surface area contributed by atoms with Gasteiger partial charge in [0.05, 0.1) is 0 Å². The molecule has 4 rings (SSSR count). The van der Waals surface area contributed by atoms with E-state index < -0.39 is 0 Å². The number of aryl methyl sites for hydroxylation is 1. The van der Waals surface area contributed by atoms with E-state index >= 15 is 0 Å². The summed E-state index contributed by atoms with van der Waals surface area (Å²) in [6.07, 6.45) is 2.53. The zero-order valence-electron chi connectivity index (χ0n) is 13.8. The largest absolute Gasteiger partial charge is 0.322 e. The van der Waals surface area contributed by atoms with E-state index in [1.807, 2.05) is 74.5 Å². The fourth-order valence-electron chi connectivity index (χ4n) is 2.72. The van der Waals surface area contributed by atoms with E-state index in [1.54, 1.807) is 0 Å². The van der Waals surface area contributed by atoms with E-state index in [2.05, 4.69) is 4.98 Å².